The van der Waals surface area contributed by atoms with E-state index in [0.717, 1.165) is 31.0 Å². The first-order valence-corrected chi connectivity index (χ1v) is 6.90. The smallest absolute Gasteiger partial charge is 0.108 e. The molecule has 0 amide bonds. The molecule has 3 heteroatoms. The number of hydrogen-bond acceptors (Lipinski definition) is 2. The number of hydrogen-bond donors (Lipinski definition) is 1. The number of aliphatic hydroxyl groups is 1. The van der Waals surface area contributed by atoms with Gasteiger partial charge in [-0.3, -0.25) is 0 Å². The van der Waals surface area contributed by atoms with E-state index in [0.29, 0.717) is 0 Å². The molecule has 0 spiro atoms. The number of imidazole rings is 1. The van der Waals surface area contributed by atoms with Gasteiger partial charge < -0.3 is 9.67 Å². The lowest BCUT2D eigenvalue weighted by molar-refractivity contribution is 0.121. The molecule has 17 heavy (non-hydrogen) atoms. The van der Waals surface area contributed by atoms with E-state index in [1.807, 2.05) is 24.0 Å². The van der Waals surface area contributed by atoms with Crippen LogP contribution >= 0.6 is 0 Å². The summed E-state index contributed by atoms with van der Waals surface area (Å²) in [7, 11) is 2.01. The van der Waals surface area contributed by atoms with E-state index in [9.17, 15) is 5.11 Å². The maximum Gasteiger partial charge on any atom is 0.108 e. The van der Waals surface area contributed by atoms with Gasteiger partial charge in [-0.25, -0.2) is 4.98 Å². The number of rotatable bonds is 5. The summed E-state index contributed by atoms with van der Waals surface area (Å²) in [5.41, 5.74) is 0. The van der Waals surface area contributed by atoms with Crippen molar-refractivity contribution in [3.63, 3.8) is 0 Å². The monoisotopic (exact) mass is 236 g/mol. The minimum Gasteiger partial charge on any atom is -0.393 e. The van der Waals surface area contributed by atoms with Crippen LogP contribution in [0.3, 0.4) is 0 Å². The molecule has 1 aromatic heterocycles. The SMILES string of the molecule is Cn1ccnc1CCC(O)CC1CCCCC1. The Hall–Kier alpha value is -0.830. The Kier molecular flexibility index (Phi) is 4.60. The van der Waals surface area contributed by atoms with Crippen molar-refractivity contribution in [3.8, 4) is 0 Å². The summed E-state index contributed by atoms with van der Waals surface area (Å²) in [6, 6.07) is 0. The van der Waals surface area contributed by atoms with Crippen LogP contribution in [-0.2, 0) is 13.5 Å². The Morgan fingerprint density at radius 2 is 2.18 bits per heavy atom. The molecule has 0 bridgehead atoms. The fourth-order valence-electron chi connectivity index (χ4n) is 2.86. The zero-order valence-corrected chi connectivity index (χ0v) is 10.8. The van der Waals surface area contributed by atoms with Crippen LogP contribution in [0, 0.1) is 5.92 Å². The fraction of sp³-hybridized carbons (Fsp3) is 0.786. The van der Waals surface area contributed by atoms with Crippen LogP contribution in [0.4, 0.5) is 0 Å². The van der Waals surface area contributed by atoms with Crippen LogP contribution in [-0.4, -0.2) is 20.8 Å². The van der Waals surface area contributed by atoms with E-state index in [2.05, 4.69) is 4.98 Å². The second-order valence-electron chi connectivity index (χ2n) is 5.39. The Bertz CT molecular complexity index is 329. The predicted octanol–water partition coefficient (Wildman–Crippen LogP) is 2.68. The molecule has 1 atom stereocenters. The van der Waals surface area contributed by atoms with Crippen LogP contribution in [0.1, 0.15) is 50.8 Å². The number of aromatic nitrogens is 2. The average molecular weight is 236 g/mol. The van der Waals surface area contributed by atoms with Gasteiger partial charge in [0.05, 0.1) is 6.10 Å². The molecular weight excluding hydrogens is 212 g/mol. The molecule has 1 aliphatic rings. The summed E-state index contributed by atoms with van der Waals surface area (Å²) in [6.45, 7) is 0. The zero-order chi connectivity index (χ0) is 12.1. The third-order valence-electron chi connectivity index (χ3n) is 3.95. The van der Waals surface area contributed by atoms with Gasteiger partial charge in [-0.2, -0.15) is 0 Å². The van der Waals surface area contributed by atoms with Crippen LogP contribution in [0.25, 0.3) is 0 Å². The highest BCUT2D eigenvalue weighted by Crippen LogP contribution is 2.28. The van der Waals surface area contributed by atoms with Gasteiger partial charge in [0, 0.05) is 25.9 Å². The van der Waals surface area contributed by atoms with E-state index in [-0.39, 0.29) is 6.10 Å². The van der Waals surface area contributed by atoms with E-state index in [4.69, 9.17) is 0 Å². The first-order chi connectivity index (χ1) is 8.25. The van der Waals surface area contributed by atoms with Crippen molar-refractivity contribution in [2.45, 2.75) is 57.5 Å². The lowest BCUT2D eigenvalue weighted by atomic mass is 9.85. The molecule has 0 aliphatic heterocycles. The van der Waals surface area contributed by atoms with Crippen molar-refractivity contribution in [3.05, 3.63) is 18.2 Å². The summed E-state index contributed by atoms with van der Waals surface area (Å²) in [5, 5.41) is 10.1. The topological polar surface area (TPSA) is 38.0 Å². The Morgan fingerprint density at radius 1 is 1.41 bits per heavy atom. The molecule has 2 rings (SSSR count). The van der Waals surface area contributed by atoms with Crippen molar-refractivity contribution in [1.82, 2.24) is 9.55 Å². The van der Waals surface area contributed by atoms with E-state index in [1.165, 1.54) is 32.1 Å². The second-order valence-corrected chi connectivity index (χ2v) is 5.39. The number of nitrogens with zero attached hydrogens (tertiary/aromatic N) is 2. The minimum atomic E-state index is -0.144. The van der Waals surface area contributed by atoms with Crippen LogP contribution in [0.2, 0.25) is 0 Å². The molecule has 3 nitrogen and oxygen atoms in total. The lowest BCUT2D eigenvalue weighted by Gasteiger charge is -2.23. The van der Waals surface area contributed by atoms with Gasteiger partial charge in [-0.1, -0.05) is 32.1 Å². The van der Waals surface area contributed by atoms with Crippen LogP contribution < -0.4 is 0 Å². The quantitative estimate of drug-likeness (QED) is 0.853. The molecule has 1 unspecified atom stereocenters. The van der Waals surface area contributed by atoms with Gasteiger partial charge in [0.2, 0.25) is 0 Å². The summed E-state index contributed by atoms with van der Waals surface area (Å²) >= 11 is 0. The number of aryl methyl sites for hydroxylation is 2. The molecule has 1 fully saturated rings. The summed E-state index contributed by atoms with van der Waals surface area (Å²) in [5.74, 6) is 1.84. The molecule has 0 aromatic carbocycles. The first-order valence-electron chi connectivity index (χ1n) is 6.90. The van der Waals surface area contributed by atoms with Crippen molar-refractivity contribution in [2.75, 3.05) is 0 Å². The molecule has 1 heterocycles. The van der Waals surface area contributed by atoms with E-state index in [1.54, 1.807) is 0 Å². The molecule has 1 aromatic rings. The third kappa shape index (κ3) is 3.84. The molecule has 1 aliphatic carbocycles. The second kappa shape index (κ2) is 6.20. The molecule has 0 saturated heterocycles. The highest BCUT2D eigenvalue weighted by Gasteiger charge is 2.17. The lowest BCUT2D eigenvalue weighted by Crippen LogP contribution is -2.17. The summed E-state index contributed by atoms with van der Waals surface area (Å²) < 4.78 is 2.04. The van der Waals surface area contributed by atoms with Crippen molar-refractivity contribution in [1.29, 1.82) is 0 Å². The van der Waals surface area contributed by atoms with Gasteiger partial charge in [-0.15, -0.1) is 0 Å². The first kappa shape index (κ1) is 12.6. The predicted molar refractivity (Wildman–Crippen MR) is 68.7 cm³/mol. The van der Waals surface area contributed by atoms with Crippen molar-refractivity contribution < 1.29 is 5.11 Å². The maximum atomic E-state index is 10.1. The van der Waals surface area contributed by atoms with Gasteiger partial charge in [0.1, 0.15) is 5.82 Å². The highest BCUT2D eigenvalue weighted by atomic mass is 16.3. The van der Waals surface area contributed by atoms with Gasteiger partial charge >= 0.3 is 0 Å². The highest BCUT2D eigenvalue weighted by molar-refractivity contribution is 4.91. The fourth-order valence-corrected chi connectivity index (χ4v) is 2.86. The zero-order valence-electron chi connectivity index (χ0n) is 10.8. The summed E-state index contributed by atoms with van der Waals surface area (Å²) in [4.78, 5) is 4.29. The normalized spacial score (nSPS) is 19.4. The van der Waals surface area contributed by atoms with Crippen LogP contribution in [0.5, 0.6) is 0 Å². The Morgan fingerprint density at radius 3 is 2.82 bits per heavy atom. The number of aliphatic hydroxyl groups excluding tert-OH is 1. The van der Waals surface area contributed by atoms with Crippen molar-refractivity contribution in [2.24, 2.45) is 13.0 Å². The largest absolute Gasteiger partial charge is 0.393 e. The summed E-state index contributed by atoms with van der Waals surface area (Å²) in [6.07, 6.45) is 13.1. The molecular formula is C14H24N2O. The standard InChI is InChI=1S/C14H24N2O/c1-16-10-9-15-14(16)8-7-13(17)11-12-5-3-2-4-6-12/h9-10,12-13,17H,2-8,11H2,1H3. The van der Waals surface area contributed by atoms with E-state index >= 15 is 0 Å². The third-order valence-corrected chi connectivity index (χ3v) is 3.95. The average Bonchev–Trinajstić information content (AvgIpc) is 2.74. The minimum absolute atomic E-state index is 0.144. The van der Waals surface area contributed by atoms with E-state index < -0.39 is 0 Å². The maximum absolute atomic E-state index is 10.1. The van der Waals surface area contributed by atoms with Gasteiger partial charge in [-0.05, 0) is 18.8 Å². The molecule has 0 radical (unpaired) electrons. The van der Waals surface area contributed by atoms with Crippen molar-refractivity contribution >= 4 is 0 Å². The van der Waals surface area contributed by atoms with Gasteiger partial charge in [0.15, 0.2) is 0 Å². The van der Waals surface area contributed by atoms with Crippen LogP contribution in [0.15, 0.2) is 12.4 Å². The Labute approximate surface area is 104 Å². The molecule has 1 N–H and O–H groups in total. The van der Waals surface area contributed by atoms with Gasteiger partial charge in [0.25, 0.3) is 0 Å². The molecule has 96 valence electrons. The molecule has 1 saturated carbocycles. The Balaban J connectivity index is 1.70.